The molecule has 5 heteroatoms. The number of halogens is 1. The minimum atomic E-state index is -0.694. The highest BCUT2D eigenvalue weighted by Gasteiger charge is 2.20. The molecule has 0 radical (unpaired) electrons. The summed E-state index contributed by atoms with van der Waals surface area (Å²) < 4.78 is 10.4. The van der Waals surface area contributed by atoms with Gasteiger partial charge >= 0.3 is 5.97 Å². The Kier molecular flexibility index (Phi) is 5.83. The van der Waals surface area contributed by atoms with Crippen LogP contribution in [0.3, 0.4) is 0 Å². The van der Waals surface area contributed by atoms with E-state index < -0.39 is 12.1 Å². The van der Waals surface area contributed by atoms with Crippen molar-refractivity contribution in [3.63, 3.8) is 0 Å². The Balaban J connectivity index is 2.86. The van der Waals surface area contributed by atoms with Gasteiger partial charge in [0.1, 0.15) is 5.75 Å². The lowest BCUT2D eigenvalue weighted by Crippen LogP contribution is -2.28. The topological polar surface area (TPSA) is 52.6 Å². The number of benzene rings is 1. The molecule has 1 unspecified atom stereocenters. The fourth-order valence-electron chi connectivity index (χ4n) is 1.50. The summed E-state index contributed by atoms with van der Waals surface area (Å²) in [5.74, 6) is -0.130. The number of carbonyl (C=O) groups is 2. The van der Waals surface area contributed by atoms with E-state index in [1.807, 2.05) is 6.92 Å². The van der Waals surface area contributed by atoms with E-state index in [0.29, 0.717) is 29.4 Å². The van der Waals surface area contributed by atoms with Gasteiger partial charge in [-0.25, -0.2) is 4.79 Å². The lowest BCUT2D eigenvalue weighted by Gasteiger charge is -2.17. The zero-order valence-electron chi connectivity index (χ0n) is 11.2. The molecule has 0 bridgehead atoms. The molecule has 0 aromatic heterocycles. The minimum Gasteiger partial charge on any atom is -0.477 e. The molecule has 0 saturated heterocycles. The third kappa shape index (κ3) is 4.24. The molecule has 4 nitrogen and oxygen atoms in total. The van der Waals surface area contributed by atoms with E-state index in [-0.39, 0.29) is 5.78 Å². The zero-order chi connectivity index (χ0) is 14.4. The number of ether oxygens (including phenoxy) is 2. The first-order valence-electron chi connectivity index (χ1n) is 6.13. The summed E-state index contributed by atoms with van der Waals surface area (Å²) in [7, 11) is 0. The first kappa shape index (κ1) is 15.5. The highest BCUT2D eigenvalue weighted by atomic mass is 35.5. The molecule has 0 heterocycles. The average molecular weight is 285 g/mol. The Labute approximate surface area is 117 Å². The quantitative estimate of drug-likeness (QED) is 0.594. The fourth-order valence-corrected chi connectivity index (χ4v) is 1.73. The molecule has 104 valence electrons. The van der Waals surface area contributed by atoms with Crippen LogP contribution in [0.2, 0.25) is 5.02 Å². The number of ketones is 1. The van der Waals surface area contributed by atoms with Crippen LogP contribution in [0.25, 0.3) is 0 Å². The fraction of sp³-hybridized carbons (Fsp3) is 0.429. The number of esters is 1. The number of hydrogen-bond acceptors (Lipinski definition) is 4. The van der Waals surface area contributed by atoms with Crippen molar-refractivity contribution >= 4 is 23.4 Å². The number of hydrogen-bond donors (Lipinski definition) is 0. The van der Waals surface area contributed by atoms with Crippen LogP contribution in [0.1, 0.15) is 37.6 Å². The van der Waals surface area contributed by atoms with Crippen molar-refractivity contribution < 1.29 is 19.1 Å². The molecule has 1 atom stereocenters. The van der Waals surface area contributed by atoms with Crippen LogP contribution in [-0.2, 0) is 9.53 Å². The first-order valence-corrected chi connectivity index (χ1v) is 6.51. The van der Waals surface area contributed by atoms with Gasteiger partial charge in [-0.1, -0.05) is 18.5 Å². The van der Waals surface area contributed by atoms with Gasteiger partial charge in [0.25, 0.3) is 0 Å². The molecule has 0 spiro atoms. The SMILES string of the molecule is CCOC(=O)C(CC)Oc1ccc(C(C)=O)cc1Cl. The van der Waals surface area contributed by atoms with E-state index in [0.717, 1.165) is 0 Å². The van der Waals surface area contributed by atoms with Crippen LogP contribution < -0.4 is 4.74 Å². The summed E-state index contributed by atoms with van der Waals surface area (Å²) in [6.07, 6.45) is -0.218. The van der Waals surface area contributed by atoms with Gasteiger partial charge in [-0.2, -0.15) is 0 Å². The second-order valence-electron chi connectivity index (χ2n) is 3.97. The Morgan fingerprint density at radius 1 is 1.32 bits per heavy atom. The van der Waals surface area contributed by atoms with Gasteiger partial charge in [0.2, 0.25) is 0 Å². The van der Waals surface area contributed by atoms with Crippen LogP contribution in [0.5, 0.6) is 5.75 Å². The molecule has 1 rings (SSSR count). The Morgan fingerprint density at radius 3 is 2.47 bits per heavy atom. The zero-order valence-corrected chi connectivity index (χ0v) is 12.0. The van der Waals surface area contributed by atoms with E-state index in [1.165, 1.54) is 13.0 Å². The molecule has 0 aliphatic carbocycles. The van der Waals surface area contributed by atoms with Gasteiger partial charge in [0.05, 0.1) is 11.6 Å². The van der Waals surface area contributed by atoms with Gasteiger partial charge in [-0.05, 0) is 38.5 Å². The molecule has 0 fully saturated rings. The van der Waals surface area contributed by atoms with E-state index in [4.69, 9.17) is 21.1 Å². The van der Waals surface area contributed by atoms with E-state index in [9.17, 15) is 9.59 Å². The van der Waals surface area contributed by atoms with Crippen LogP contribution in [0.15, 0.2) is 18.2 Å². The molecule has 1 aromatic rings. The molecular formula is C14H17ClO4. The van der Waals surface area contributed by atoms with E-state index >= 15 is 0 Å². The normalized spacial score (nSPS) is 11.8. The molecular weight excluding hydrogens is 268 g/mol. The van der Waals surface area contributed by atoms with Gasteiger partial charge in [-0.3, -0.25) is 4.79 Å². The van der Waals surface area contributed by atoms with Crippen LogP contribution >= 0.6 is 11.6 Å². The van der Waals surface area contributed by atoms with Crippen LogP contribution in [0, 0.1) is 0 Å². The summed E-state index contributed by atoms with van der Waals surface area (Å²) in [6, 6.07) is 4.72. The van der Waals surface area contributed by atoms with Gasteiger partial charge in [-0.15, -0.1) is 0 Å². The van der Waals surface area contributed by atoms with Crippen molar-refractivity contribution in [1.29, 1.82) is 0 Å². The minimum absolute atomic E-state index is 0.0779. The number of carbonyl (C=O) groups excluding carboxylic acids is 2. The maximum atomic E-state index is 11.6. The molecule has 0 aliphatic heterocycles. The molecule has 0 saturated carbocycles. The summed E-state index contributed by atoms with van der Waals surface area (Å²) in [5, 5.41) is 0.301. The second-order valence-corrected chi connectivity index (χ2v) is 4.38. The average Bonchev–Trinajstić information content (AvgIpc) is 2.37. The van der Waals surface area contributed by atoms with Crippen molar-refractivity contribution in [2.75, 3.05) is 6.61 Å². The molecule has 0 amide bonds. The van der Waals surface area contributed by atoms with E-state index in [2.05, 4.69) is 0 Å². The van der Waals surface area contributed by atoms with E-state index in [1.54, 1.807) is 19.1 Å². The van der Waals surface area contributed by atoms with Crippen molar-refractivity contribution in [1.82, 2.24) is 0 Å². The molecule has 0 N–H and O–H groups in total. The lowest BCUT2D eigenvalue weighted by molar-refractivity contribution is -0.151. The molecule has 1 aromatic carbocycles. The highest BCUT2D eigenvalue weighted by Crippen LogP contribution is 2.27. The number of rotatable bonds is 6. The van der Waals surface area contributed by atoms with Gasteiger partial charge in [0, 0.05) is 5.56 Å². The van der Waals surface area contributed by atoms with Crippen LogP contribution in [-0.4, -0.2) is 24.5 Å². The Morgan fingerprint density at radius 2 is 2.00 bits per heavy atom. The van der Waals surface area contributed by atoms with Crippen molar-refractivity contribution in [2.45, 2.75) is 33.3 Å². The molecule has 0 aliphatic rings. The third-order valence-corrected chi connectivity index (χ3v) is 2.82. The van der Waals surface area contributed by atoms with Crippen LogP contribution in [0.4, 0.5) is 0 Å². The van der Waals surface area contributed by atoms with Crippen molar-refractivity contribution in [2.24, 2.45) is 0 Å². The standard InChI is InChI=1S/C14H17ClO4/c1-4-12(14(17)18-5-2)19-13-7-6-10(9(3)16)8-11(13)15/h6-8,12H,4-5H2,1-3H3. The summed E-state index contributed by atoms with van der Waals surface area (Å²) >= 11 is 6.03. The highest BCUT2D eigenvalue weighted by molar-refractivity contribution is 6.32. The number of Topliss-reactive ketones (excluding diaryl/α,β-unsaturated/α-hetero) is 1. The smallest absolute Gasteiger partial charge is 0.347 e. The molecule has 19 heavy (non-hydrogen) atoms. The second kappa shape index (κ2) is 7.14. The maximum absolute atomic E-state index is 11.6. The predicted octanol–water partition coefficient (Wildman–Crippen LogP) is 3.26. The predicted molar refractivity (Wildman–Crippen MR) is 72.8 cm³/mol. The Hall–Kier alpha value is -1.55. The van der Waals surface area contributed by atoms with Crippen molar-refractivity contribution in [3.05, 3.63) is 28.8 Å². The Bertz CT molecular complexity index is 471. The monoisotopic (exact) mass is 284 g/mol. The van der Waals surface area contributed by atoms with Crippen molar-refractivity contribution in [3.8, 4) is 5.75 Å². The summed E-state index contributed by atoms with van der Waals surface area (Å²) in [6.45, 7) is 5.31. The lowest BCUT2D eigenvalue weighted by atomic mass is 10.1. The van der Waals surface area contributed by atoms with Gasteiger partial charge < -0.3 is 9.47 Å². The first-order chi connectivity index (χ1) is 8.99. The van der Waals surface area contributed by atoms with Gasteiger partial charge in [0.15, 0.2) is 11.9 Å². The maximum Gasteiger partial charge on any atom is 0.347 e. The summed E-state index contributed by atoms with van der Waals surface area (Å²) in [5.41, 5.74) is 0.501. The third-order valence-electron chi connectivity index (χ3n) is 2.53. The summed E-state index contributed by atoms with van der Waals surface area (Å²) in [4.78, 5) is 22.8. The largest absolute Gasteiger partial charge is 0.477 e.